The second-order valence-corrected chi connectivity index (χ2v) is 11.7. The van der Waals surface area contributed by atoms with E-state index in [1.807, 2.05) is 42.5 Å². The Hall–Kier alpha value is -2.28. The number of carbonyl (C=O) groups is 1. The highest BCUT2D eigenvalue weighted by atomic mass is 35.5. The SMILES string of the molecule is CC1CC(C)(C)N(C)c2cc(Cl)c(/C=C3/SC(=Nc4ccccc4)N(CC4CCCO4)C3=O)cc21. The molecular weight excluding hydrogens is 478 g/mol. The Morgan fingerprint density at radius 3 is 2.74 bits per heavy atom. The Labute approximate surface area is 217 Å². The summed E-state index contributed by atoms with van der Waals surface area (Å²) in [6.07, 6.45) is 5.03. The first kappa shape index (κ1) is 24.4. The van der Waals surface area contributed by atoms with E-state index in [2.05, 4.69) is 38.8 Å². The van der Waals surface area contributed by atoms with E-state index in [1.165, 1.54) is 17.3 Å². The van der Waals surface area contributed by atoms with Gasteiger partial charge in [0.15, 0.2) is 5.17 Å². The Balaban J connectivity index is 1.50. The normalized spacial score (nSPS) is 26.1. The van der Waals surface area contributed by atoms with Crippen LogP contribution in [-0.2, 0) is 9.53 Å². The fraction of sp³-hybridized carbons (Fsp3) is 0.429. The van der Waals surface area contributed by atoms with Crippen LogP contribution in [0.3, 0.4) is 0 Å². The maximum absolute atomic E-state index is 13.5. The lowest BCUT2D eigenvalue weighted by Gasteiger charge is -2.45. The lowest BCUT2D eigenvalue weighted by Crippen LogP contribution is -2.45. The van der Waals surface area contributed by atoms with Gasteiger partial charge in [-0.05, 0) is 92.3 Å². The molecule has 2 aromatic carbocycles. The third-order valence-electron chi connectivity index (χ3n) is 7.32. The van der Waals surface area contributed by atoms with Crippen molar-refractivity contribution in [3.63, 3.8) is 0 Å². The largest absolute Gasteiger partial charge is 0.376 e. The van der Waals surface area contributed by atoms with Gasteiger partial charge in [-0.3, -0.25) is 9.69 Å². The van der Waals surface area contributed by atoms with Gasteiger partial charge in [-0.25, -0.2) is 4.99 Å². The minimum atomic E-state index is -0.0414. The van der Waals surface area contributed by atoms with Crippen molar-refractivity contribution in [2.75, 3.05) is 25.1 Å². The Bertz CT molecular complexity index is 1190. The van der Waals surface area contributed by atoms with Crippen molar-refractivity contribution in [2.24, 2.45) is 4.99 Å². The van der Waals surface area contributed by atoms with Crippen LogP contribution in [-0.4, -0.2) is 47.8 Å². The van der Waals surface area contributed by atoms with E-state index in [0.29, 0.717) is 27.6 Å². The molecule has 2 fully saturated rings. The quantitative estimate of drug-likeness (QED) is 0.423. The van der Waals surface area contributed by atoms with Crippen LogP contribution in [0.4, 0.5) is 11.4 Å². The van der Waals surface area contributed by atoms with E-state index in [-0.39, 0.29) is 17.6 Å². The summed E-state index contributed by atoms with van der Waals surface area (Å²) in [6.45, 7) is 8.06. The number of hydrogen-bond acceptors (Lipinski definition) is 5. The van der Waals surface area contributed by atoms with Gasteiger partial charge in [0.25, 0.3) is 5.91 Å². The topological polar surface area (TPSA) is 45.1 Å². The van der Waals surface area contributed by atoms with E-state index >= 15 is 0 Å². The summed E-state index contributed by atoms with van der Waals surface area (Å²) >= 11 is 8.19. The first-order valence-corrected chi connectivity index (χ1v) is 13.5. The number of para-hydroxylation sites is 1. The molecule has 0 aliphatic carbocycles. The lowest BCUT2D eigenvalue weighted by molar-refractivity contribution is -0.123. The average Bonchev–Trinajstić information content (AvgIpc) is 3.43. The van der Waals surface area contributed by atoms with Gasteiger partial charge in [0.1, 0.15) is 0 Å². The highest BCUT2D eigenvalue weighted by Crippen LogP contribution is 2.45. The van der Waals surface area contributed by atoms with E-state index in [4.69, 9.17) is 21.3 Å². The van der Waals surface area contributed by atoms with Crippen molar-refractivity contribution in [3.05, 3.63) is 63.5 Å². The lowest BCUT2D eigenvalue weighted by atomic mass is 9.80. The van der Waals surface area contributed by atoms with E-state index < -0.39 is 0 Å². The zero-order chi connectivity index (χ0) is 24.7. The molecule has 1 amide bonds. The highest BCUT2D eigenvalue weighted by Gasteiger charge is 2.37. The van der Waals surface area contributed by atoms with Gasteiger partial charge in [-0.15, -0.1) is 0 Å². The maximum Gasteiger partial charge on any atom is 0.266 e. The van der Waals surface area contributed by atoms with Crippen LogP contribution in [0.15, 0.2) is 52.4 Å². The molecule has 2 aromatic rings. The molecule has 3 aliphatic heterocycles. The molecule has 7 heteroatoms. The number of rotatable bonds is 4. The second-order valence-electron chi connectivity index (χ2n) is 10.3. The number of hydrogen-bond donors (Lipinski definition) is 0. The van der Waals surface area contributed by atoms with Gasteiger partial charge in [0.05, 0.1) is 23.2 Å². The number of carbonyl (C=O) groups excluding carboxylic acids is 1. The number of nitrogens with zero attached hydrogens (tertiary/aromatic N) is 3. The van der Waals surface area contributed by atoms with Gasteiger partial charge in [-0.1, -0.05) is 36.7 Å². The van der Waals surface area contributed by atoms with E-state index in [0.717, 1.165) is 42.8 Å². The summed E-state index contributed by atoms with van der Waals surface area (Å²) in [4.78, 5) is 23.1. The summed E-state index contributed by atoms with van der Waals surface area (Å²) in [7, 11) is 2.13. The predicted molar refractivity (Wildman–Crippen MR) is 147 cm³/mol. The number of amides is 1. The maximum atomic E-state index is 13.5. The monoisotopic (exact) mass is 509 g/mol. The van der Waals surface area contributed by atoms with Crippen LogP contribution in [0.5, 0.6) is 0 Å². The van der Waals surface area contributed by atoms with Crippen molar-refractivity contribution < 1.29 is 9.53 Å². The number of amidine groups is 1. The van der Waals surface area contributed by atoms with Gasteiger partial charge >= 0.3 is 0 Å². The molecule has 0 N–H and O–H groups in total. The van der Waals surface area contributed by atoms with Crippen molar-refractivity contribution in [2.45, 2.75) is 57.6 Å². The summed E-state index contributed by atoms with van der Waals surface area (Å²) in [5.41, 5.74) is 4.20. The summed E-state index contributed by atoms with van der Waals surface area (Å²) in [5.74, 6) is 0.365. The Morgan fingerprint density at radius 1 is 1.26 bits per heavy atom. The Kier molecular flexibility index (Phi) is 6.73. The number of aliphatic imine (C=N–C) groups is 1. The first-order valence-electron chi connectivity index (χ1n) is 12.3. The van der Waals surface area contributed by atoms with Crippen molar-refractivity contribution in [3.8, 4) is 0 Å². The molecule has 2 atom stereocenters. The fourth-order valence-corrected chi connectivity index (χ4v) is 6.42. The molecule has 2 saturated heterocycles. The number of benzene rings is 2. The van der Waals surface area contributed by atoms with E-state index in [9.17, 15) is 4.79 Å². The summed E-state index contributed by atoms with van der Waals surface area (Å²) in [6, 6.07) is 14.0. The van der Waals surface area contributed by atoms with E-state index in [1.54, 1.807) is 4.90 Å². The number of ether oxygens (including phenoxy) is 1. The van der Waals surface area contributed by atoms with Gasteiger partial charge < -0.3 is 9.64 Å². The number of anilines is 1. The average molecular weight is 510 g/mol. The molecule has 5 nitrogen and oxygen atoms in total. The molecule has 0 aromatic heterocycles. The minimum absolute atomic E-state index is 0.0414. The predicted octanol–water partition coefficient (Wildman–Crippen LogP) is 6.85. The molecule has 0 saturated carbocycles. The summed E-state index contributed by atoms with van der Waals surface area (Å²) < 4.78 is 5.83. The molecule has 184 valence electrons. The summed E-state index contributed by atoms with van der Waals surface area (Å²) in [5, 5.41) is 1.34. The molecule has 3 heterocycles. The zero-order valence-electron chi connectivity index (χ0n) is 20.8. The zero-order valence-corrected chi connectivity index (χ0v) is 22.3. The van der Waals surface area contributed by atoms with Crippen LogP contribution in [0.2, 0.25) is 5.02 Å². The molecule has 5 rings (SSSR count). The van der Waals surface area contributed by atoms with Crippen LogP contribution in [0, 0.1) is 0 Å². The van der Waals surface area contributed by atoms with Gasteiger partial charge in [0.2, 0.25) is 0 Å². The van der Waals surface area contributed by atoms with Crippen molar-refractivity contribution in [1.82, 2.24) is 4.90 Å². The Morgan fingerprint density at radius 2 is 2.03 bits per heavy atom. The molecule has 2 unspecified atom stereocenters. The fourth-order valence-electron chi connectivity index (χ4n) is 5.21. The standard InChI is InChI=1S/C28H32ClN3O2S/c1-18-16-28(2,3)31(4)24-15-23(29)19(13-22(18)24)14-25-26(33)32(17-21-11-8-12-34-21)27(35-25)30-20-9-6-5-7-10-20/h5-7,9-10,13-15,18,21H,8,11-12,16-17H2,1-4H3/b25-14+,30-27?. The van der Waals surface area contributed by atoms with Crippen LogP contribution < -0.4 is 4.90 Å². The minimum Gasteiger partial charge on any atom is -0.376 e. The number of halogens is 1. The molecule has 0 bridgehead atoms. The van der Waals surface area contributed by atoms with Crippen LogP contribution in [0.25, 0.3) is 6.08 Å². The molecule has 35 heavy (non-hydrogen) atoms. The second kappa shape index (κ2) is 9.64. The molecule has 0 radical (unpaired) electrons. The number of thioether (sulfide) groups is 1. The van der Waals surface area contributed by atoms with Gasteiger partial charge in [0, 0.05) is 29.9 Å². The van der Waals surface area contributed by atoms with Crippen LogP contribution >= 0.6 is 23.4 Å². The third-order valence-corrected chi connectivity index (χ3v) is 8.65. The molecule has 0 spiro atoms. The third kappa shape index (κ3) is 4.89. The first-order chi connectivity index (χ1) is 16.7. The molecule has 3 aliphatic rings. The van der Waals surface area contributed by atoms with Crippen molar-refractivity contribution >= 4 is 51.9 Å². The van der Waals surface area contributed by atoms with Crippen LogP contribution in [0.1, 0.15) is 57.1 Å². The van der Waals surface area contributed by atoms with Crippen molar-refractivity contribution in [1.29, 1.82) is 0 Å². The van der Waals surface area contributed by atoms with Gasteiger partial charge in [-0.2, -0.15) is 0 Å². The molecular formula is C28H32ClN3O2S. The smallest absolute Gasteiger partial charge is 0.266 e. The number of fused-ring (bicyclic) bond motifs is 1. The highest BCUT2D eigenvalue weighted by molar-refractivity contribution is 8.18.